The number of hydrogen-bond acceptors (Lipinski definition) is 4. The average molecular weight is 332 g/mol. The van der Waals surface area contributed by atoms with E-state index < -0.39 is 0 Å². The van der Waals surface area contributed by atoms with E-state index >= 15 is 0 Å². The van der Waals surface area contributed by atoms with Crippen molar-refractivity contribution in [2.75, 3.05) is 17.6 Å². The zero-order valence-electron chi connectivity index (χ0n) is 13.4. The molecule has 0 radical (unpaired) electrons. The Labute approximate surface area is 139 Å². The van der Waals surface area contributed by atoms with Crippen LogP contribution in [0.25, 0.3) is 0 Å². The summed E-state index contributed by atoms with van der Waals surface area (Å²) in [5.74, 6) is 0.611. The van der Waals surface area contributed by atoms with Gasteiger partial charge in [0.2, 0.25) is 11.8 Å². The van der Waals surface area contributed by atoms with E-state index in [0.29, 0.717) is 0 Å². The van der Waals surface area contributed by atoms with Crippen LogP contribution in [0.3, 0.4) is 0 Å². The summed E-state index contributed by atoms with van der Waals surface area (Å²) >= 11 is 1.38. The van der Waals surface area contributed by atoms with Crippen molar-refractivity contribution in [3.63, 3.8) is 0 Å². The minimum atomic E-state index is -0.236. The standard InChI is InChI=1S/C17H20N2O3S/c1-11-5-4-6-12(2)17(11)19-15(20)9-18-16(21)10-23-14-7-8-22-13(14)3/h4-8H,9-10H2,1-3H3,(H,18,21)(H,19,20). The number of carbonyl (C=O) groups is 2. The van der Waals surface area contributed by atoms with Gasteiger partial charge in [0.1, 0.15) is 5.76 Å². The molecule has 0 aliphatic heterocycles. The molecule has 2 N–H and O–H groups in total. The van der Waals surface area contributed by atoms with Crippen LogP contribution in [0.1, 0.15) is 16.9 Å². The van der Waals surface area contributed by atoms with Gasteiger partial charge in [0.25, 0.3) is 0 Å². The largest absolute Gasteiger partial charge is 0.468 e. The molecule has 1 aromatic heterocycles. The zero-order valence-corrected chi connectivity index (χ0v) is 14.3. The third-order valence-electron chi connectivity index (χ3n) is 3.36. The lowest BCUT2D eigenvalue weighted by Crippen LogP contribution is -2.34. The van der Waals surface area contributed by atoms with Crippen molar-refractivity contribution in [1.29, 1.82) is 0 Å². The topological polar surface area (TPSA) is 71.3 Å². The van der Waals surface area contributed by atoms with Gasteiger partial charge in [-0.2, -0.15) is 0 Å². The average Bonchev–Trinajstić information content (AvgIpc) is 2.92. The lowest BCUT2D eigenvalue weighted by atomic mass is 10.1. The monoisotopic (exact) mass is 332 g/mol. The Morgan fingerprint density at radius 3 is 2.39 bits per heavy atom. The number of anilines is 1. The second-order valence-corrected chi connectivity index (χ2v) is 6.24. The van der Waals surface area contributed by atoms with E-state index in [2.05, 4.69) is 10.6 Å². The highest BCUT2D eigenvalue weighted by atomic mass is 32.2. The normalized spacial score (nSPS) is 10.4. The number of para-hydroxylation sites is 1. The Morgan fingerprint density at radius 1 is 1.09 bits per heavy atom. The predicted octanol–water partition coefficient (Wildman–Crippen LogP) is 3.05. The highest BCUT2D eigenvalue weighted by molar-refractivity contribution is 8.00. The van der Waals surface area contributed by atoms with E-state index in [-0.39, 0.29) is 24.1 Å². The van der Waals surface area contributed by atoms with Crippen LogP contribution >= 0.6 is 11.8 Å². The minimum Gasteiger partial charge on any atom is -0.468 e. The zero-order chi connectivity index (χ0) is 16.8. The van der Waals surface area contributed by atoms with Gasteiger partial charge in [-0.1, -0.05) is 18.2 Å². The molecule has 122 valence electrons. The molecule has 0 bridgehead atoms. The molecule has 0 spiro atoms. The number of nitrogens with one attached hydrogen (secondary N) is 2. The summed E-state index contributed by atoms with van der Waals surface area (Å²) in [4.78, 5) is 24.7. The first kappa shape index (κ1) is 17.1. The number of furan rings is 1. The second kappa shape index (κ2) is 7.87. The number of rotatable bonds is 6. The van der Waals surface area contributed by atoms with Crippen molar-refractivity contribution in [3.05, 3.63) is 47.4 Å². The van der Waals surface area contributed by atoms with Crippen LogP contribution in [0.4, 0.5) is 5.69 Å². The van der Waals surface area contributed by atoms with Crippen LogP contribution in [0.2, 0.25) is 0 Å². The van der Waals surface area contributed by atoms with Crippen molar-refractivity contribution >= 4 is 29.3 Å². The Balaban J connectivity index is 1.78. The fourth-order valence-electron chi connectivity index (χ4n) is 2.09. The molecule has 0 unspecified atom stereocenters. The molecule has 5 nitrogen and oxygen atoms in total. The first-order chi connectivity index (χ1) is 11.0. The van der Waals surface area contributed by atoms with E-state index in [9.17, 15) is 9.59 Å². The predicted molar refractivity (Wildman–Crippen MR) is 91.7 cm³/mol. The summed E-state index contributed by atoms with van der Waals surface area (Å²) in [6.45, 7) is 5.67. The number of thioether (sulfide) groups is 1. The van der Waals surface area contributed by atoms with Crippen molar-refractivity contribution in [3.8, 4) is 0 Å². The number of carbonyl (C=O) groups excluding carboxylic acids is 2. The van der Waals surface area contributed by atoms with Crippen LogP contribution in [0, 0.1) is 20.8 Å². The molecule has 2 rings (SSSR count). The number of amides is 2. The van der Waals surface area contributed by atoms with E-state index in [4.69, 9.17) is 4.42 Å². The molecule has 2 aromatic rings. The third kappa shape index (κ3) is 4.89. The maximum absolute atomic E-state index is 12.0. The van der Waals surface area contributed by atoms with Gasteiger partial charge in [0, 0.05) is 10.6 Å². The van der Waals surface area contributed by atoms with Crippen molar-refractivity contribution in [2.45, 2.75) is 25.7 Å². The summed E-state index contributed by atoms with van der Waals surface area (Å²) < 4.78 is 5.17. The molecule has 0 aliphatic rings. The molecule has 23 heavy (non-hydrogen) atoms. The Morgan fingerprint density at radius 2 is 1.78 bits per heavy atom. The molecule has 1 heterocycles. The van der Waals surface area contributed by atoms with Crippen molar-refractivity contribution < 1.29 is 14.0 Å². The molecule has 6 heteroatoms. The summed E-state index contributed by atoms with van der Waals surface area (Å²) in [5.41, 5.74) is 2.79. The van der Waals surface area contributed by atoms with Crippen LogP contribution in [0.5, 0.6) is 0 Å². The SMILES string of the molecule is Cc1cccc(C)c1NC(=O)CNC(=O)CSc1ccoc1C. The maximum atomic E-state index is 12.0. The summed E-state index contributed by atoms with van der Waals surface area (Å²) in [7, 11) is 0. The first-order valence-electron chi connectivity index (χ1n) is 7.27. The molecule has 1 aromatic carbocycles. The maximum Gasteiger partial charge on any atom is 0.243 e. The fourth-order valence-corrected chi connectivity index (χ4v) is 2.88. The summed E-state index contributed by atoms with van der Waals surface area (Å²) in [6.07, 6.45) is 1.59. The smallest absolute Gasteiger partial charge is 0.243 e. The van der Waals surface area contributed by atoms with E-state index in [1.807, 2.05) is 45.0 Å². The fraction of sp³-hybridized carbons (Fsp3) is 0.294. The van der Waals surface area contributed by atoms with Gasteiger partial charge in [-0.15, -0.1) is 11.8 Å². The number of benzene rings is 1. The van der Waals surface area contributed by atoms with Gasteiger partial charge < -0.3 is 15.1 Å². The van der Waals surface area contributed by atoms with Crippen LogP contribution in [-0.4, -0.2) is 24.1 Å². The third-order valence-corrected chi connectivity index (χ3v) is 4.50. The van der Waals surface area contributed by atoms with Gasteiger partial charge in [0.15, 0.2) is 0 Å². The molecule has 0 atom stereocenters. The van der Waals surface area contributed by atoms with Gasteiger partial charge in [-0.3, -0.25) is 9.59 Å². The second-order valence-electron chi connectivity index (χ2n) is 5.22. The summed E-state index contributed by atoms with van der Waals surface area (Å²) in [5, 5.41) is 5.46. The molecule has 0 saturated carbocycles. The molecule has 0 saturated heterocycles. The van der Waals surface area contributed by atoms with Gasteiger partial charge >= 0.3 is 0 Å². The van der Waals surface area contributed by atoms with Crippen LogP contribution < -0.4 is 10.6 Å². The van der Waals surface area contributed by atoms with E-state index in [1.165, 1.54) is 11.8 Å². The number of hydrogen-bond donors (Lipinski definition) is 2. The molecule has 0 aliphatic carbocycles. The van der Waals surface area contributed by atoms with Crippen LogP contribution in [-0.2, 0) is 9.59 Å². The first-order valence-corrected chi connectivity index (χ1v) is 8.25. The Bertz CT molecular complexity index is 689. The van der Waals surface area contributed by atoms with E-state index in [0.717, 1.165) is 27.5 Å². The van der Waals surface area contributed by atoms with Crippen LogP contribution in [0.15, 0.2) is 39.8 Å². The molecular weight excluding hydrogens is 312 g/mol. The lowest BCUT2D eigenvalue weighted by molar-refractivity contribution is -0.122. The Hall–Kier alpha value is -2.21. The molecular formula is C17H20N2O3S. The molecule has 0 fully saturated rings. The van der Waals surface area contributed by atoms with E-state index in [1.54, 1.807) is 6.26 Å². The van der Waals surface area contributed by atoms with Gasteiger partial charge in [0.05, 0.1) is 18.6 Å². The van der Waals surface area contributed by atoms with Gasteiger partial charge in [-0.05, 0) is 38.0 Å². The highest BCUT2D eigenvalue weighted by Gasteiger charge is 2.10. The van der Waals surface area contributed by atoms with Gasteiger partial charge in [-0.25, -0.2) is 0 Å². The highest BCUT2D eigenvalue weighted by Crippen LogP contribution is 2.22. The lowest BCUT2D eigenvalue weighted by Gasteiger charge is -2.11. The quantitative estimate of drug-likeness (QED) is 0.798. The van der Waals surface area contributed by atoms with Crippen molar-refractivity contribution in [2.24, 2.45) is 0 Å². The minimum absolute atomic E-state index is 0.0441. The Kier molecular flexibility index (Phi) is 5.87. The number of aryl methyl sites for hydroxylation is 3. The summed E-state index contributed by atoms with van der Waals surface area (Å²) in [6, 6.07) is 7.63. The van der Waals surface area contributed by atoms with Crippen molar-refractivity contribution in [1.82, 2.24) is 5.32 Å². The molecule has 2 amide bonds.